The van der Waals surface area contributed by atoms with E-state index in [-0.39, 0.29) is 40.6 Å². The van der Waals surface area contributed by atoms with E-state index in [1.807, 2.05) is 11.9 Å². The second-order valence-electron chi connectivity index (χ2n) is 7.74. The van der Waals surface area contributed by atoms with Crippen molar-refractivity contribution in [2.45, 2.75) is 18.4 Å². The van der Waals surface area contributed by atoms with E-state index < -0.39 is 17.5 Å². The average Bonchev–Trinajstić information content (AvgIpc) is 2.68. The van der Waals surface area contributed by atoms with Gasteiger partial charge in [-0.25, -0.2) is 0 Å². The number of aliphatic hydroxyl groups is 1. The Bertz CT molecular complexity index is 1220. The van der Waals surface area contributed by atoms with Crippen LogP contribution in [0.15, 0.2) is 39.5 Å². The van der Waals surface area contributed by atoms with Crippen LogP contribution in [-0.4, -0.2) is 46.5 Å². The monoisotopic (exact) mass is 497 g/mol. The van der Waals surface area contributed by atoms with Gasteiger partial charge in [-0.05, 0) is 44.3 Å². The molecule has 1 aliphatic heterocycles. The highest BCUT2D eigenvalue weighted by atomic mass is 35.5. The highest BCUT2D eigenvalue weighted by molar-refractivity contribution is 6.37. The summed E-state index contributed by atoms with van der Waals surface area (Å²) in [5.74, 6) is -0.851. The lowest BCUT2D eigenvalue weighted by atomic mass is 9.85. The van der Waals surface area contributed by atoms with Gasteiger partial charge < -0.3 is 24.6 Å². The lowest BCUT2D eigenvalue weighted by molar-refractivity contribution is 0.0630. The molecular formula is C23H22Cl3NO5. The second-order valence-corrected chi connectivity index (χ2v) is 8.55. The molecule has 4 rings (SSSR count). The van der Waals surface area contributed by atoms with Crippen LogP contribution in [0, 0.1) is 0 Å². The molecule has 1 aromatic heterocycles. The predicted octanol–water partition coefficient (Wildman–Crippen LogP) is 4.88. The summed E-state index contributed by atoms with van der Waals surface area (Å²) >= 11 is 12.4. The van der Waals surface area contributed by atoms with Gasteiger partial charge in [-0.3, -0.25) is 4.79 Å². The highest BCUT2D eigenvalue weighted by Gasteiger charge is 2.32. The van der Waals surface area contributed by atoms with E-state index in [1.165, 1.54) is 6.07 Å². The van der Waals surface area contributed by atoms with Crippen LogP contribution in [0.3, 0.4) is 0 Å². The zero-order valence-corrected chi connectivity index (χ0v) is 19.4. The Morgan fingerprint density at radius 3 is 2.47 bits per heavy atom. The molecule has 0 radical (unpaired) electrons. The third-order valence-electron chi connectivity index (χ3n) is 5.59. The molecule has 170 valence electrons. The molecule has 6 nitrogen and oxygen atoms in total. The number of phenolic OH excluding ortho intramolecular Hbond substituents is 2. The van der Waals surface area contributed by atoms with Crippen LogP contribution < -0.4 is 5.43 Å². The van der Waals surface area contributed by atoms with E-state index in [0.29, 0.717) is 40.7 Å². The Hall–Kier alpha value is -2.22. The summed E-state index contributed by atoms with van der Waals surface area (Å²) in [6.07, 6.45) is 2.97. The van der Waals surface area contributed by atoms with Gasteiger partial charge in [0, 0.05) is 45.8 Å². The molecule has 0 spiro atoms. The number of phenols is 2. The van der Waals surface area contributed by atoms with Gasteiger partial charge in [0.15, 0.2) is 5.43 Å². The first kappa shape index (κ1) is 24.4. The molecule has 1 saturated heterocycles. The molecule has 0 amide bonds. The van der Waals surface area contributed by atoms with Gasteiger partial charge in [-0.15, -0.1) is 12.4 Å². The molecule has 1 fully saturated rings. The number of halogens is 3. The minimum absolute atomic E-state index is 0. The van der Waals surface area contributed by atoms with Gasteiger partial charge in [0.2, 0.25) is 0 Å². The van der Waals surface area contributed by atoms with Crippen molar-refractivity contribution in [3.05, 3.63) is 67.5 Å². The van der Waals surface area contributed by atoms with Crippen molar-refractivity contribution in [3.63, 3.8) is 0 Å². The quantitative estimate of drug-likeness (QED) is 0.476. The van der Waals surface area contributed by atoms with Crippen molar-refractivity contribution in [2.75, 3.05) is 20.1 Å². The lowest BCUT2D eigenvalue weighted by Crippen LogP contribution is -2.40. The third-order valence-corrected chi connectivity index (χ3v) is 6.25. The SMILES string of the molecule is CN1CCC(c2c(O)cc(O)c3c(=O)cc(C=Cc4c(Cl)cccc4Cl)oc23)C(O)C1.Cl. The number of fused-ring (bicyclic) bond motifs is 1. The van der Waals surface area contributed by atoms with Crippen LogP contribution in [0.25, 0.3) is 23.1 Å². The molecule has 9 heteroatoms. The minimum atomic E-state index is -0.760. The van der Waals surface area contributed by atoms with Gasteiger partial charge >= 0.3 is 0 Å². The molecule has 3 N–H and O–H groups in total. The first-order chi connectivity index (χ1) is 14.8. The van der Waals surface area contributed by atoms with Crippen molar-refractivity contribution in [1.82, 2.24) is 4.90 Å². The summed E-state index contributed by atoms with van der Waals surface area (Å²) < 4.78 is 5.95. The fourth-order valence-electron chi connectivity index (χ4n) is 4.04. The maximum Gasteiger partial charge on any atom is 0.197 e. The van der Waals surface area contributed by atoms with Crippen molar-refractivity contribution in [1.29, 1.82) is 0 Å². The molecule has 0 saturated carbocycles. The van der Waals surface area contributed by atoms with E-state index in [2.05, 4.69) is 0 Å². The minimum Gasteiger partial charge on any atom is -0.507 e. The number of hydrogen-bond acceptors (Lipinski definition) is 6. The molecule has 2 atom stereocenters. The smallest absolute Gasteiger partial charge is 0.197 e. The van der Waals surface area contributed by atoms with Gasteiger partial charge in [0.05, 0.1) is 6.10 Å². The number of hydrogen-bond donors (Lipinski definition) is 3. The maximum atomic E-state index is 12.8. The summed E-state index contributed by atoms with van der Waals surface area (Å²) in [6, 6.07) is 7.48. The Morgan fingerprint density at radius 2 is 1.81 bits per heavy atom. The number of piperidine rings is 1. The number of likely N-dealkylation sites (tertiary alicyclic amines) is 1. The summed E-state index contributed by atoms with van der Waals surface area (Å²) in [5, 5.41) is 32.3. The van der Waals surface area contributed by atoms with Crippen molar-refractivity contribution >= 4 is 58.7 Å². The van der Waals surface area contributed by atoms with E-state index in [4.69, 9.17) is 27.6 Å². The Labute approximate surface area is 200 Å². The summed E-state index contributed by atoms with van der Waals surface area (Å²) in [4.78, 5) is 14.8. The topological polar surface area (TPSA) is 94.1 Å². The first-order valence-electron chi connectivity index (χ1n) is 9.77. The van der Waals surface area contributed by atoms with Gasteiger partial charge in [0.1, 0.15) is 28.2 Å². The van der Waals surface area contributed by atoms with E-state index in [1.54, 1.807) is 30.4 Å². The Morgan fingerprint density at radius 1 is 1.12 bits per heavy atom. The average molecular weight is 499 g/mol. The van der Waals surface area contributed by atoms with E-state index >= 15 is 0 Å². The van der Waals surface area contributed by atoms with Crippen LogP contribution in [0.5, 0.6) is 11.5 Å². The zero-order valence-electron chi connectivity index (χ0n) is 17.1. The molecule has 32 heavy (non-hydrogen) atoms. The normalized spacial score (nSPS) is 19.4. The van der Waals surface area contributed by atoms with Crippen LogP contribution in [-0.2, 0) is 0 Å². The van der Waals surface area contributed by atoms with Gasteiger partial charge in [-0.1, -0.05) is 29.3 Å². The number of β-amino-alcohol motifs (C(OH)–C–C–N with tert-alkyl or cyclic N) is 1. The van der Waals surface area contributed by atoms with Crippen LogP contribution in [0.1, 0.15) is 29.2 Å². The second kappa shape index (κ2) is 9.73. The van der Waals surface area contributed by atoms with Gasteiger partial charge in [-0.2, -0.15) is 0 Å². The maximum absolute atomic E-state index is 12.8. The largest absolute Gasteiger partial charge is 0.507 e. The van der Waals surface area contributed by atoms with Crippen LogP contribution in [0.2, 0.25) is 10.0 Å². The Balaban J connectivity index is 0.00000289. The molecule has 2 unspecified atom stereocenters. The highest BCUT2D eigenvalue weighted by Crippen LogP contribution is 2.42. The fraction of sp³-hybridized carbons (Fsp3) is 0.261. The summed E-state index contributed by atoms with van der Waals surface area (Å²) in [5.41, 5.74) is 0.477. The predicted molar refractivity (Wildman–Crippen MR) is 129 cm³/mol. The molecule has 1 aliphatic rings. The Kier molecular flexibility index (Phi) is 7.43. The van der Waals surface area contributed by atoms with Crippen molar-refractivity contribution < 1.29 is 19.7 Å². The number of aliphatic hydroxyl groups excluding tert-OH is 1. The van der Waals surface area contributed by atoms with Crippen molar-refractivity contribution in [3.8, 4) is 11.5 Å². The third kappa shape index (κ3) is 4.60. The molecule has 3 aromatic rings. The van der Waals surface area contributed by atoms with E-state index in [9.17, 15) is 20.1 Å². The number of aromatic hydroxyl groups is 2. The summed E-state index contributed by atoms with van der Waals surface area (Å²) in [6.45, 7) is 1.12. The molecule has 0 aliphatic carbocycles. The van der Waals surface area contributed by atoms with Crippen LogP contribution in [0.4, 0.5) is 0 Å². The molecule has 2 heterocycles. The molecule has 0 bridgehead atoms. The van der Waals surface area contributed by atoms with Gasteiger partial charge in [0.25, 0.3) is 0 Å². The van der Waals surface area contributed by atoms with Crippen LogP contribution >= 0.6 is 35.6 Å². The zero-order chi connectivity index (χ0) is 22.3. The van der Waals surface area contributed by atoms with E-state index in [0.717, 1.165) is 6.07 Å². The number of rotatable bonds is 3. The number of likely N-dealkylation sites (N-methyl/N-ethyl adjacent to an activating group) is 1. The standard InChI is InChI=1S/C23H21Cl2NO5.ClH/c1-26-8-7-14(20(30)11-26)21-18(28)10-19(29)22-17(27)9-12(31-23(21)22)5-6-13-15(24)3-2-4-16(13)25;/h2-6,9-10,14,20,28-30H,7-8,11H2,1H3;1H. The fourth-order valence-corrected chi connectivity index (χ4v) is 4.57. The molecule has 2 aromatic carbocycles. The summed E-state index contributed by atoms with van der Waals surface area (Å²) in [7, 11) is 1.90. The molecular weight excluding hydrogens is 477 g/mol. The first-order valence-corrected chi connectivity index (χ1v) is 10.5. The van der Waals surface area contributed by atoms with Crippen molar-refractivity contribution in [2.24, 2.45) is 0 Å². The number of benzene rings is 2. The number of nitrogens with zero attached hydrogens (tertiary/aromatic N) is 1. The lowest BCUT2D eigenvalue weighted by Gasteiger charge is -2.34.